The lowest BCUT2D eigenvalue weighted by Crippen LogP contribution is -2.05. The zero-order chi connectivity index (χ0) is 15.5. The third-order valence-corrected chi connectivity index (χ3v) is 3.37. The minimum Gasteiger partial charge on any atom is -0.297 e. The zero-order valence-electron chi connectivity index (χ0n) is 11.3. The van der Waals surface area contributed by atoms with Crippen LogP contribution >= 0.6 is 11.6 Å². The molecule has 1 heterocycles. The molecular formula is C16H11ClFN3O. The third kappa shape index (κ3) is 2.99. The van der Waals surface area contributed by atoms with Crippen LogP contribution in [-0.2, 0) is 0 Å². The summed E-state index contributed by atoms with van der Waals surface area (Å²) in [5, 5.41) is 5.91. The van der Waals surface area contributed by atoms with Gasteiger partial charge in [0.1, 0.15) is 5.82 Å². The van der Waals surface area contributed by atoms with Gasteiger partial charge < -0.3 is 0 Å². The van der Waals surface area contributed by atoms with Crippen molar-refractivity contribution >= 4 is 23.5 Å². The van der Waals surface area contributed by atoms with E-state index in [0.717, 1.165) is 0 Å². The minimum absolute atomic E-state index is 0.294. The Morgan fingerprint density at radius 1 is 1.00 bits per heavy atom. The molecule has 4 nitrogen and oxygen atoms in total. The van der Waals surface area contributed by atoms with Crippen LogP contribution in [0.25, 0.3) is 11.3 Å². The van der Waals surface area contributed by atoms with E-state index in [1.165, 1.54) is 18.3 Å². The van der Waals surface area contributed by atoms with Gasteiger partial charge in [-0.2, -0.15) is 0 Å². The Kier molecular flexibility index (Phi) is 3.89. The smallest absolute Gasteiger partial charge is 0.273 e. The molecule has 1 aromatic heterocycles. The van der Waals surface area contributed by atoms with Crippen LogP contribution in [-0.4, -0.2) is 16.4 Å². The summed E-state index contributed by atoms with van der Waals surface area (Å²) in [6.07, 6.45) is 1.47. The second kappa shape index (κ2) is 5.99. The topological polar surface area (TPSA) is 61.0 Å². The SMILES string of the molecule is O=c1[nH][nH]c(-c2ccc(F)cc2)c1C=Nc1ccc(Cl)cc1. The van der Waals surface area contributed by atoms with Gasteiger partial charge in [-0.3, -0.25) is 20.0 Å². The zero-order valence-corrected chi connectivity index (χ0v) is 12.1. The number of hydrogen-bond acceptors (Lipinski definition) is 2. The summed E-state index contributed by atoms with van der Waals surface area (Å²) in [6, 6.07) is 12.8. The first-order valence-corrected chi connectivity index (χ1v) is 6.87. The monoisotopic (exact) mass is 315 g/mol. The molecule has 0 bridgehead atoms. The van der Waals surface area contributed by atoms with Crippen molar-refractivity contribution in [1.29, 1.82) is 0 Å². The van der Waals surface area contributed by atoms with Gasteiger partial charge in [0.25, 0.3) is 5.56 Å². The van der Waals surface area contributed by atoms with Gasteiger partial charge in [-0.15, -0.1) is 0 Å². The molecule has 3 aromatic rings. The van der Waals surface area contributed by atoms with Gasteiger partial charge in [-0.25, -0.2) is 4.39 Å². The van der Waals surface area contributed by atoms with Crippen molar-refractivity contribution in [2.45, 2.75) is 0 Å². The Hall–Kier alpha value is -2.66. The van der Waals surface area contributed by atoms with Crippen LogP contribution in [0.4, 0.5) is 10.1 Å². The van der Waals surface area contributed by atoms with Crippen molar-refractivity contribution in [3.63, 3.8) is 0 Å². The highest BCUT2D eigenvalue weighted by Gasteiger charge is 2.10. The predicted molar refractivity (Wildman–Crippen MR) is 85.5 cm³/mol. The molecule has 0 amide bonds. The number of rotatable bonds is 3. The Morgan fingerprint density at radius 2 is 1.68 bits per heavy atom. The fraction of sp³-hybridized carbons (Fsp3) is 0. The van der Waals surface area contributed by atoms with E-state index < -0.39 is 0 Å². The van der Waals surface area contributed by atoms with E-state index in [1.54, 1.807) is 36.4 Å². The molecule has 0 saturated heterocycles. The summed E-state index contributed by atoms with van der Waals surface area (Å²) in [5.41, 5.74) is 2.01. The Bertz CT molecular complexity index is 864. The lowest BCUT2D eigenvalue weighted by Gasteiger charge is -1.99. The van der Waals surface area contributed by atoms with Gasteiger partial charge in [0.2, 0.25) is 0 Å². The molecule has 2 N–H and O–H groups in total. The summed E-state index contributed by atoms with van der Waals surface area (Å²) >= 11 is 5.81. The highest BCUT2D eigenvalue weighted by Crippen LogP contribution is 2.20. The van der Waals surface area contributed by atoms with Crippen LogP contribution in [0.1, 0.15) is 5.56 Å². The number of halogens is 2. The number of benzene rings is 2. The molecule has 3 rings (SSSR count). The van der Waals surface area contributed by atoms with Crippen LogP contribution in [0.3, 0.4) is 0 Å². The molecule has 0 aliphatic rings. The Labute approximate surface area is 130 Å². The van der Waals surface area contributed by atoms with Crippen LogP contribution in [0, 0.1) is 5.82 Å². The van der Waals surface area contributed by atoms with Crippen LogP contribution in [0.5, 0.6) is 0 Å². The molecule has 110 valence electrons. The first-order chi connectivity index (χ1) is 10.6. The van der Waals surface area contributed by atoms with Gasteiger partial charge >= 0.3 is 0 Å². The van der Waals surface area contributed by atoms with Crippen molar-refractivity contribution < 1.29 is 4.39 Å². The second-order valence-electron chi connectivity index (χ2n) is 4.61. The van der Waals surface area contributed by atoms with E-state index in [2.05, 4.69) is 15.2 Å². The van der Waals surface area contributed by atoms with E-state index in [4.69, 9.17) is 11.6 Å². The highest BCUT2D eigenvalue weighted by atomic mass is 35.5. The predicted octanol–water partition coefficient (Wildman–Crippen LogP) is 3.91. The standard InChI is InChI=1S/C16H11ClFN3O/c17-11-3-7-13(8-4-11)19-9-14-15(20-21-16(14)22)10-1-5-12(18)6-2-10/h1-9H,(H2,20,21,22). The normalized spacial score (nSPS) is 11.2. The van der Waals surface area contributed by atoms with E-state index in [9.17, 15) is 9.18 Å². The molecule has 6 heteroatoms. The molecule has 0 atom stereocenters. The summed E-state index contributed by atoms with van der Waals surface area (Å²) in [5.74, 6) is -0.335. The number of aliphatic imine (C=N–C) groups is 1. The van der Waals surface area contributed by atoms with Crippen molar-refractivity contribution in [2.75, 3.05) is 0 Å². The van der Waals surface area contributed by atoms with Gasteiger partial charge in [0.05, 0.1) is 16.9 Å². The van der Waals surface area contributed by atoms with E-state index in [-0.39, 0.29) is 11.4 Å². The summed E-state index contributed by atoms with van der Waals surface area (Å²) in [4.78, 5) is 16.1. The summed E-state index contributed by atoms with van der Waals surface area (Å²) < 4.78 is 13.0. The average Bonchev–Trinajstić information content (AvgIpc) is 2.89. The molecule has 0 spiro atoms. The Balaban J connectivity index is 1.97. The first-order valence-electron chi connectivity index (χ1n) is 6.50. The fourth-order valence-electron chi connectivity index (χ4n) is 2.00. The first kappa shape index (κ1) is 14.3. The van der Waals surface area contributed by atoms with Gasteiger partial charge in [-0.1, -0.05) is 11.6 Å². The molecule has 2 aromatic carbocycles. The molecule has 0 aliphatic heterocycles. The highest BCUT2D eigenvalue weighted by molar-refractivity contribution is 6.30. The summed E-state index contributed by atoms with van der Waals surface area (Å²) in [7, 11) is 0. The van der Waals surface area contributed by atoms with Gasteiger partial charge in [-0.05, 0) is 48.5 Å². The summed E-state index contributed by atoms with van der Waals surface area (Å²) in [6.45, 7) is 0. The number of H-pyrrole nitrogens is 2. The van der Waals surface area contributed by atoms with E-state index in [0.29, 0.717) is 27.5 Å². The number of nitrogens with one attached hydrogen (secondary N) is 2. The second-order valence-corrected chi connectivity index (χ2v) is 5.05. The van der Waals surface area contributed by atoms with Crippen LogP contribution < -0.4 is 5.56 Å². The average molecular weight is 316 g/mol. The molecule has 0 aliphatic carbocycles. The number of aromatic amines is 2. The van der Waals surface area contributed by atoms with Crippen LogP contribution in [0.2, 0.25) is 5.02 Å². The number of nitrogens with zero attached hydrogens (tertiary/aromatic N) is 1. The maximum Gasteiger partial charge on any atom is 0.273 e. The Morgan fingerprint density at radius 3 is 2.36 bits per heavy atom. The third-order valence-electron chi connectivity index (χ3n) is 3.12. The lowest BCUT2D eigenvalue weighted by molar-refractivity contribution is 0.628. The largest absolute Gasteiger partial charge is 0.297 e. The van der Waals surface area contributed by atoms with Crippen LogP contribution in [0.15, 0.2) is 58.3 Å². The van der Waals surface area contributed by atoms with Gasteiger partial charge in [0.15, 0.2) is 0 Å². The molecular weight excluding hydrogens is 305 g/mol. The lowest BCUT2D eigenvalue weighted by atomic mass is 10.1. The number of aromatic nitrogens is 2. The number of hydrogen-bond donors (Lipinski definition) is 2. The molecule has 0 saturated carbocycles. The molecule has 0 fully saturated rings. The molecule has 0 radical (unpaired) electrons. The van der Waals surface area contributed by atoms with E-state index in [1.807, 2.05) is 0 Å². The van der Waals surface area contributed by atoms with Gasteiger partial charge in [0, 0.05) is 16.8 Å². The van der Waals surface area contributed by atoms with Crippen molar-refractivity contribution in [2.24, 2.45) is 4.99 Å². The maximum atomic E-state index is 13.0. The quantitative estimate of drug-likeness (QED) is 0.707. The van der Waals surface area contributed by atoms with E-state index >= 15 is 0 Å². The van der Waals surface area contributed by atoms with Crippen molar-refractivity contribution in [3.05, 3.63) is 75.3 Å². The molecule has 22 heavy (non-hydrogen) atoms. The van der Waals surface area contributed by atoms with Crippen molar-refractivity contribution in [1.82, 2.24) is 10.2 Å². The maximum absolute atomic E-state index is 13.0. The minimum atomic E-state index is -0.335. The molecule has 0 unspecified atom stereocenters. The fourth-order valence-corrected chi connectivity index (χ4v) is 2.13. The van der Waals surface area contributed by atoms with Crippen molar-refractivity contribution in [3.8, 4) is 11.3 Å².